The van der Waals surface area contributed by atoms with Crippen LogP contribution in [0.2, 0.25) is 36.3 Å². The van der Waals surface area contributed by atoms with Crippen LogP contribution in [0.1, 0.15) is 133 Å². The van der Waals surface area contributed by atoms with Crippen molar-refractivity contribution in [2.45, 2.75) is 181 Å². The summed E-state index contributed by atoms with van der Waals surface area (Å²) in [6.45, 7) is 35.7. The zero-order valence-corrected chi connectivity index (χ0v) is 33.9. The largest absolute Gasteiger partial charge is 0.466 e. The molecule has 3 aliphatic rings. The van der Waals surface area contributed by atoms with Gasteiger partial charge in [-0.2, -0.15) is 0 Å². The molecule has 3 aliphatic carbocycles. The van der Waals surface area contributed by atoms with Gasteiger partial charge >= 0.3 is 5.97 Å². The molecule has 260 valence electrons. The zero-order valence-electron chi connectivity index (χ0n) is 31.9. The molecule has 45 heavy (non-hydrogen) atoms. The molecule has 0 bridgehead atoms. The van der Waals surface area contributed by atoms with E-state index in [9.17, 15) is 4.79 Å². The van der Waals surface area contributed by atoms with Crippen LogP contribution >= 0.6 is 0 Å². The summed E-state index contributed by atoms with van der Waals surface area (Å²) in [6, 6.07) is 0. The summed E-state index contributed by atoms with van der Waals surface area (Å²) in [6.07, 6.45) is 15.2. The van der Waals surface area contributed by atoms with Crippen LogP contribution in [0.5, 0.6) is 0 Å². The molecule has 0 aromatic rings. The van der Waals surface area contributed by atoms with Crippen molar-refractivity contribution in [2.24, 2.45) is 29.1 Å². The van der Waals surface area contributed by atoms with Crippen molar-refractivity contribution < 1.29 is 18.4 Å². The van der Waals surface area contributed by atoms with Gasteiger partial charge in [-0.05, 0) is 135 Å². The summed E-state index contributed by atoms with van der Waals surface area (Å²) in [4.78, 5) is 11.9. The van der Waals surface area contributed by atoms with Crippen LogP contribution in [0, 0.1) is 29.1 Å². The Morgan fingerprint density at radius 2 is 1.64 bits per heavy atom. The van der Waals surface area contributed by atoms with Crippen LogP contribution in [0.25, 0.3) is 0 Å². The molecule has 0 spiro atoms. The average molecular weight is 661 g/mol. The van der Waals surface area contributed by atoms with Crippen molar-refractivity contribution in [3.8, 4) is 0 Å². The molecule has 7 atom stereocenters. The molecule has 3 saturated carbocycles. The Hall–Kier alpha value is -0.696. The van der Waals surface area contributed by atoms with Gasteiger partial charge in [0, 0.05) is 12.8 Å². The van der Waals surface area contributed by atoms with Crippen molar-refractivity contribution in [3.63, 3.8) is 0 Å². The number of carbonyl (C=O) groups is 1. The van der Waals surface area contributed by atoms with E-state index in [1.165, 1.54) is 43.3 Å². The third-order valence-electron chi connectivity index (χ3n) is 13.3. The standard InChI is InChI=1S/C39H72O4Si2/c1-15-41-36(40)20-16-18-28(2)33-23-24-34-30(19-17-25-39(33,34)10)21-22-31-26-32(42-44(11,12)37(4,5)6)27-35(29(31)3)43-45(13,14)38(7,8)9/h22,28,30,32-35H,3,15-21,23-27H2,1-2,4-14H3/t28-,30?,32-,33-,34+,35+,39-/m1/s1. The van der Waals surface area contributed by atoms with Gasteiger partial charge in [0.1, 0.15) is 0 Å². The maximum Gasteiger partial charge on any atom is 0.305 e. The van der Waals surface area contributed by atoms with Crippen molar-refractivity contribution in [2.75, 3.05) is 6.61 Å². The maximum absolute atomic E-state index is 11.9. The summed E-state index contributed by atoms with van der Waals surface area (Å²) in [5, 5.41) is 0.342. The Balaban J connectivity index is 1.77. The minimum Gasteiger partial charge on any atom is -0.466 e. The fourth-order valence-corrected chi connectivity index (χ4v) is 11.2. The first-order valence-corrected chi connectivity index (χ1v) is 24.3. The highest BCUT2D eigenvalue weighted by Gasteiger charge is 2.52. The van der Waals surface area contributed by atoms with Crippen molar-refractivity contribution >= 4 is 22.6 Å². The average Bonchev–Trinajstić information content (AvgIpc) is 3.25. The molecular formula is C39H72O4Si2. The van der Waals surface area contributed by atoms with Gasteiger partial charge in [-0.3, -0.25) is 4.79 Å². The molecule has 0 aliphatic heterocycles. The smallest absolute Gasteiger partial charge is 0.305 e. The lowest BCUT2D eigenvalue weighted by Gasteiger charge is -2.47. The lowest BCUT2D eigenvalue weighted by molar-refractivity contribution is -0.143. The lowest BCUT2D eigenvalue weighted by atomic mass is 9.58. The summed E-state index contributed by atoms with van der Waals surface area (Å²) >= 11 is 0. The second kappa shape index (κ2) is 14.8. The van der Waals surface area contributed by atoms with E-state index < -0.39 is 16.6 Å². The Kier molecular flexibility index (Phi) is 12.8. The Morgan fingerprint density at radius 1 is 1.02 bits per heavy atom. The van der Waals surface area contributed by atoms with E-state index in [2.05, 4.69) is 87.7 Å². The number of hydrogen-bond acceptors (Lipinski definition) is 4. The van der Waals surface area contributed by atoms with E-state index in [4.69, 9.17) is 20.2 Å². The molecule has 0 N–H and O–H groups in total. The highest BCUT2D eigenvalue weighted by atomic mass is 28.4. The third-order valence-corrected chi connectivity index (χ3v) is 22.3. The second-order valence-corrected chi connectivity index (χ2v) is 27.9. The lowest BCUT2D eigenvalue weighted by Crippen LogP contribution is -2.49. The van der Waals surface area contributed by atoms with Crippen LogP contribution in [-0.4, -0.2) is 41.4 Å². The summed E-state index contributed by atoms with van der Waals surface area (Å²) in [7, 11) is -3.89. The fraction of sp³-hybridized carbons (Fsp3) is 0.872. The quantitative estimate of drug-likeness (QED) is 0.154. The van der Waals surface area contributed by atoms with Crippen LogP contribution in [0.15, 0.2) is 23.8 Å². The van der Waals surface area contributed by atoms with Crippen LogP contribution < -0.4 is 0 Å². The van der Waals surface area contributed by atoms with Gasteiger partial charge in [-0.25, -0.2) is 0 Å². The SMILES string of the molecule is C=C1C(=CCC2CCC[C@]3(C)[C@@H]([C@H](C)CCCC(=O)OCC)CC[C@@H]23)C[C@@H](O[Si](C)(C)C(C)(C)C)C[C@@H]1O[Si](C)(C)C(C)(C)C. The molecule has 3 rings (SSSR count). The fourth-order valence-electron chi connectivity index (χ4n) is 8.49. The Labute approximate surface area is 281 Å². The first-order chi connectivity index (χ1) is 20.6. The predicted molar refractivity (Wildman–Crippen MR) is 197 cm³/mol. The van der Waals surface area contributed by atoms with Gasteiger partial charge in [-0.1, -0.05) is 74.5 Å². The maximum atomic E-state index is 11.9. The summed E-state index contributed by atoms with van der Waals surface area (Å²) in [5.74, 6) is 2.91. The third kappa shape index (κ3) is 9.26. The minimum absolute atomic E-state index is 0.0378. The van der Waals surface area contributed by atoms with Crippen molar-refractivity contribution in [1.82, 2.24) is 0 Å². The van der Waals surface area contributed by atoms with Crippen LogP contribution in [0.4, 0.5) is 0 Å². The molecule has 4 nitrogen and oxygen atoms in total. The molecule has 0 aromatic heterocycles. The van der Waals surface area contributed by atoms with Gasteiger partial charge in [0.2, 0.25) is 0 Å². The van der Waals surface area contributed by atoms with E-state index in [0.717, 1.165) is 49.9 Å². The highest BCUT2D eigenvalue weighted by molar-refractivity contribution is 6.74. The van der Waals surface area contributed by atoms with E-state index in [1.807, 2.05) is 6.92 Å². The molecule has 0 heterocycles. The minimum atomic E-state index is -1.97. The molecule has 3 fully saturated rings. The molecule has 1 unspecified atom stereocenters. The predicted octanol–water partition coefficient (Wildman–Crippen LogP) is 11.6. The van der Waals surface area contributed by atoms with Crippen molar-refractivity contribution in [3.05, 3.63) is 23.8 Å². The zero-order chi connectivity index (χ0) is 34.0. The molecule has 0 aromatic carbocycles. The summed E-state index contributed by atoms with van der Waals surface area (Å²) < 4.78 is 19.4. The molecular weight excluding hydrogens is 589 g/mol. The number of fused-ring (bicyclic) bond motifs is 1. The van der Waals surface area contributed by atoms with Crippen LogP contribution in [0.3, 0.4) is 0 Å². The van der Waals surface area contributed by atoms with Gasteiger partial charge in [0.15, 0.2) is 16.6 Å². The van der Waals surface area contributed by atoms with E-state index in [0.29, 0.717) is 24.4 Å². The van der Waals surface area contributed by atoms with Gasteiger partial charge in [-0.15, -0.1) is 0 Å². The number of carbonyl (C=O) groups excluding carboxylic acids is 1. The number of hydrogen-bond donors (Lipinski definition) is 0. The number of rotatable bonds is 12. The number of esters is 1. The van der Waals surface area contributed by atoms with E-state index >= 15 is 0 Å². The molecule has 0 amide bonds. The van der Waals surface area contributed by atoms with E-state index in [-0.39, 0.29) is 28.3 Å². The van der Waals surface area contributed by atoms with Gasteiger partial charge in [0.05, 0.1) is 18.8 Å². The topological polar surface area (TPSA) is 44.8 Å². The summed E-state index contributed by atoms with van der Waals surface area (Å²) in [5.41, 5.74) is 3.03. The second-order valence-electron chi connectivity index (χ2n) is 18.4. The monoisotopic (exact) mass is 660 g/mol. The molecule has 6 heteroatoms. The number of allylic oxidation sites excluding steroid dienone is 1. The first kappa shape index (κ1) is 38.7. The molecule has 0 radical (unpaired) electrons. The number of ether oxygens (including phenoxy) is 1. The Bertz CT molecular complexity index is 1050. The van der Waals surface area contributed by atoms with Gasteiger partial charge in [0.25, 0.3) is 0 Å². The van der Waals surface area contributed by atoms with E-state index in [1.54, 1.807) is 0 Å². The Morgan fingerprint density at radius 3 is 2.24 bits per heavy atom. The normalized spacial score (nSPS) is 31.6. The van der Waals surface area contributed by atoms with Crippen LogP contribution in [-0.2, 0) is 18.4 Å². The highest BCUT2D eigenvalue weighted by Crippen LogP contribution is 2.60. The van der Waals surface area contributed by atoms with Gasteiger partial charge < -0.3 is 13.6 Å². The first-order valence-electron chi connectivity index (χ1n) is 18.5. The molecule has 0 saturated heterocycles. The van der Waals surface area contributed by atoms with Crippen molar-refractivity contribution in [1.29, 1.82) is 0 Å².